The van der Waals surface area contributed by atoms with Crippen molar-refractivity contribution in [3.05, 3.63) is 61.8 Å². The van der Waals surface area contributed by atoms with Gasteiger partial charge in [-0.15, -0.1) is 11.3 Å². The Kier molecular flexibility index (Phi) is 5.84. The predicted octanol–water partition coefficient (Wildman–Crippen LogP) is 2.64. The van der Waals surface area contributed by atoms with Crippen LogP contribution in [0.2, 0.25) is 0 Å². The summed E-state index contributed by atoms with van der Waals surface area (Å²) in [6.45, 7) is 2.14. The van der Waals surface area contributed by atoms with Gasteiger partial charge in [-0.25, -0.2) is 0 Å². The monoisotopic (exact) mass is 334 g/mol. The van der Waals surface area contributed by atoms with Gasteiger partial charge in [-0.05, 0) is 18.9 Å². The average Bonchev–Trinajstić information content (AvgIpc) is 2.94. The normalized spacial score (nSPS) is 10.5. The third-order valence-corrected chi connectivity index (χ3v) is 4.50. The lowest BCUT2D eigenvalue weighted by atomic mass is 10.1. The first-order valence-corrected chi connectivity index (χ1v) is 8.03. The molecule has 1 N–H and O–H groups in total. The number of aliphatic hydroxyl groups excluding tert-OH is 1. The molecule has 0 aliphatic rings. The first-order valence-electron chi connectivity index (χ1n) is 7.22. The van der Waals surface area contributed by atoms with Crippen LogP contribution in [0.5, 0.6) is 0 Å². The molecule has 1 aromatic carbocycles. The van der Waals surface area contributed by atoms with Crippen molar-refractivity contribution in [1.82, 2.24) is 4.90 Å². The highest BCUT2D eigenvalue weighted by Crippen LogP contribution is 2.29. The summed E-state index contributed by atoms with van der Waals surface area (Å²) in [7, 11) is 0. The standard InChI is InChI=1S/C16H18N2O4S/c1-12-14(18(21)22)11-15(23-12)16(20)17(9-10-19)8-7-13-5-3-2-4-6-13/h2-6,11,19H,7-10H2,1H3. The Hall–Kier alpha value is -2.25. The molecule has 0 saturated carbocycles. The summed E-state index contributed by atoms with van der Waals surface area (Å²) in [5.41, 5.74) is 1.06. The molecule has 23 heavy (non-hydrogen) atoms. The van der Waals surface area contributed by atoms with Crippen molar-refractivity contribution in [2.45, 2.75) is 13.3 Å². The van der Waals surface area contributed by atoms with Gasteiger partial charge in [-0.3, -0.25) is 14.9 Å². The Bertz CT molecular complexity index is 685. The fourth-order valence-corrected chi connectivity index (χ4v) is 3.21. The van der Waals surface area contributed by atoms with Crippen LogP contribution in [-0.2, 0) is 6.42 Å². The molecule has 0 radical (unpaired) electrons. The SMILES string of the molecule is Cc1sc(C(=O)N(CCO)CCc2ccccc2)cc1[N+](=O)[O-]. The van der Waals surface area contributed by atoms with E-state index in [1.54, 1.807) is 6.92 Å². The summed E-state index contributed by atoms with van der Waals surface area (Å²) in [5.74, 6) is -0.281. The highest BCUT2D eigenvalue weighted by Gasteiger charge is 2.23. The maximum atomic E-state index is 12.5. The smallest absolute Gasteiger partial charge is 0.283 e. The number of benzene rings is 1. The first kappa shape index (κ1) is 17.1. The minimum Gasteiger partial charge on any atom is -0.395 e. The van der Waals surface area contributed by atoms with E-state index in [9.17, 15) is 20.0 Å². The predicted molar refractivity (Wildman–Crippen MR) is 88.8 cm³/mol. The summed E-state index contributed by atoms with van der Waals surface area (Å²) in [5, 5.41) is 20.1. The maximum Gasteiger partial charge on any atom is 0.283 e. The minimum atomic E-state index is -0.483. The molecule has 6 nitrogen and oxygen atoms in total. The second kappa shape index (κ2) is 7.85. The van der Waals surface area contributed by atoms with Crippen LogP contribution in [0.1, 0.15) is 20.1 Å². The van der Waals surface area contributed by atoms with Gasteiger partial charge in [-0.2, -0.15) is 0 Å². The Morgan fingerprint density at radius 3 is 2.57 bits per heavy atom. The van der Waals surface area contributed by atoms with Crippen molar-refractivity contribution in [2.75, 3.05) is 19.7 Å². The number of amides is 1. The van der Waals surface area contributed by atoms with Gasteiger partial charge in [-0.1, -0.05) is 30.3 Å². The van der Waals surface area contributed by atoms with Crippen molar-refractivity contribution in [3.8, 4) is 0 Å². The molecule has 0 bridgehead atoms. The number of thiophene rings is 1. The number of nitro groups is 1. The largest absolute Gasteiger partial charge is 0.395 e. The Morgan fingerprint density at radius 2 is 2.00 bits per heavy atom. The van der Waals surface area contributed by atoms with E-state index in [-0.39, 0.29) is 24.7 Å². The molecular formula is C16H18N2O4S. The zero-order valence-electron chi connectivity index (χ0n) is 12.8. The van der Waals surface area contributed by atoms with Crippen molar-refractivity contribution >= 4 is 22.9 Å². The van der Waals surface area contributed by atoms with Gasteiger partial charge in [0.25, 0.3) is 11.6 Å². The van der Waals surface area contributed by atoms with Gasteiger partial charge < -0.3 is 10.0 Å². The number of rotatable bonds is 7. The number of hydrogen-bond donors (Lipinski definition) is 1. The summed E-state index contributed by atoms with van der Waals surface area (Å²) in [6, 6.07) is 11.0. The van der Waals surface area contributed by atoms with E-state index < -0.39 is 4.92 Å². The molecule has 0 aliphatic heterocycles. The molecule has 0 saturated heterocycles. The number of carbonyl (C=O) groups is 1. The molecule has 2 aromatic rings. The van der Waals surface area contributed by atoms with Crippen molar-refractivity contribution < 1.29 is 14.8 Å². The Morgan fingerprint density at radius 1 is 1.30 bits per heavy atom. The van der Waals surface area contributed by atoms with Gasteiger partial charge in [0.2, 0.25) is 0 Å². The van der Waals surface area contributed by atoms with Crippen LogP contribution in [-0.4, -0.2) is 40.5 Å². The molecule has 7 heteroatoms. The quantitative estimate of drug-likeness (QED) is 0.623. The highest BCUT2D eigenvalue weighted by molar-refractivity contribution is 7.14. The molecule has 122 valence electrons. The van der Waals surface area contributed by atoms with Crippen molar-refractivity contribution in [2.24, 2.45) is 0 Å². The Labute approximate surface area is 138 Å². The van der Waals surface area contributed by atoms with Gasteiger partial charge in [0.15, 0.2) is 0 Å². The molecule has 0 spiro atoms. The van der Waals surface area contributed by atoms with E-state index in [4.69, 9.17) is 0 Å². The second-order valence-electron chi connectivity index (χ2n) is 5.06. The molecule has 1 aromatic heterocycles. The third kappa shape index (κ3) is 4.37. The van der Waals surface area contributed by atoms with Crippen LogP contribution < -0.4 is 0 Å². The number of aliphatic hydroxyl groups is 1. The molecular weight excluding hydrogens is 316 g/mol. The van der Waals surface area contributed by atoms with Gasteiger partial charge >= 0.3 is 0 Å². The minimum absolute atomic E-state index is 0.0367. The van der Waals surface area contributed by atoms with Crippen LogP contribution in [0.4, 0.5) is 5.69 Å². The molecule has 0 atom stereocenters. The molecule has 0 fully saturated rings. The molecule has 2 rings (SSSR count). The fraction of sp³-hybridized carbons (Fsp3) is 0.312. The van der Waals surface area contributed by atoms with E-state index in [0.29, 0.717) is 22.7 Å². The van der Waals surface area contributed by atoms with E-state index in [2.05, 4.69) is 0 Å². The van der Waals surface area contributed by atoms with Crippen LogP contribution in [0.25, 0.3) is 0 Å². The molecule has 0 aliphatic carbocycles. The van der Waals surface area contributed by atoms with Crippen LogP contribution in [0, 0.1) is 17.0 Å². The fourth-order valence-electron chi connectivity index (χ4n) is 2.26. The summed E-state index contributed by atoms with van der Waals surface area (Å²) in [6.07, 6.45) is 0.666. The number of nitrogens with zero attached hydrogens (tertiary/aromatic N) is 2. The van der Waals surface area contributed by atoms with Gasteiger partial charge in [0.1, 0.15) is 0 Å². The lowest BCUT2D eigenvalue weighted by Crippen LogP contribution is -2.34. The van der Waals surface area contributed by atoms with E-state index >= 15 is 0 Å². The zero-order chi connectivity index (χ0) is 16.8. The van der Waals surface area contributed by atoms with Gasteiger partial charge in [0.05, 0.1) is 21.3 Å². The number of carbonyl (C=O) groups excluding carboxylic acids is 1. The van der Waals surface area contributed by atoms with Crippen LogP contribution >= 0.6 is 11.3 Å². The highest BCUT2D eigenvalue weighted by atomic mass is 32.1. The lowest BCUT2D eigenvalue weighted by molar-refractivity contribution is -0.385. The van der Waals surface area contributed by atoms with Crippen molar-refractivity contribution in [3.63, 3.8) is 0 Å². The molecule has 0 unspecified atom stereocenters. The number of hydrogen-bond acceptors (Lipinski definition) is 5. The van der Waals surface area contributed by atoms with Crippen molar-refractivity contribution in [1.29, 1.82) is 0 Å². The van der Waals surface area contributed by atoms with Gasteiger partial charge in [0, 0.05) is 19.2 Å². The van der Waals surface area contributed by atoms with E-state index in [1.165, 1.54) is 11.0 Å². The Balaban J connectivity index is 2.11. The second-order valence-corrected chi connectivity index (χ2v) is 6.32. The zero-order valence-corrected chi connectivity index (χ0v) is 13.6. The topological polar surface area (TPSA) is 83.7 Å². The summed E-state index contributed by atoms with van der Waals surface area (Å²) >= 11 is 1.11. The summed E-state index contributed by atoms with van der Waals surface area (Å²) in [4.78, 5) is 25.3. The molecule has 1 heterocycles. The maximum absolute atomic E-state index is 12.5. The first-order chi connectivity index (χ1) is 11.0. The molecule has 1 amide bonds. The number of aryl methyl sites for hydroxylation is 1. The van der Waals surface area contributed by atoms with Crippen LogP contribution in [0.3, 0.4) is 0 Å². The van der Waals surface area contributed by atoms with E-state index in [0.717, 1.165) is 16.9 Å². The lowest BCUT2D eigenvalue weighted by Gasteiger charge is -2.21. The third-order valence-electron chi connectivity index (χ3n) is 3.47. The van der Waals surface area contributed by atoms with Crippen LogP contribution in [0.15, 0.2) is 36.4 Å². The van der Waals surface area contributed by atoms with E-state index in [1.807, 2.05) is 30.3 Å². The summed E-state index contributed by atoms with van der Waals surface area (Å²) < 4.78 is 0. The average molecular weight is 334 g/mol.